The highest BCUT2D eigenvalue weighted by atomic mass is 127. The molecule has 0 radical (unpaired) electrons. The second-order valence-electron chi connectivity index (χ2n) is 7.19. The number of nitrogens with zero attached hydrogens (tertiary/aromatic N) is 1. The van der Waals surface area contributed by atoms with Gasteiger partial charge in [0.15, 0.2) is 11.5 Å². The van der Waals surface area contributed by atoms with E-state index >= 15 is 0 Å². The molecule has 2 amide bonds. The third-order valence-electron chi connectivity index (χ3n) is 4.86. The van der Waals surface area contributed by atoms with Gasteiger partial charge in [0.25, 0.3) is 11.1 Å². The molecular formula is C25H17ClINO5S. The number of imide groups is 1. The largest absolute Gasteiger partial charge is 0.493 e. The van der Waals surface area contributed by atoms with E-state index in [1.807, 2.05) is 52.9 Å². The van der Waals surface area contributed by atoms with Gasteiger partial charge in [-0.2, -0.15) is 0 Å². The Balaban J connectivity index is 1.57. The molecule has 9 heteroatoms. The van der Waals surface area contributed by atoms with Crippen LogP contribution in [0.15, 0.2) is 71.6 Å². The number of thioether (sulfide) groups is 1. The van der Waals surface area contributed by atoms with Gasteiger partial charge in [-0.1, -0.05) is 48.0 Å². The standard InChI is InChI=1S/C25H17ClINO5S/c1-32-20-11-16(10-19(27)22(20)33-24(30)17-8-5-9-18(26)13-17)12-21-23(29)28(25(31)34-21)14-15-6-3-2-4-7-15/h2-13H,14H2,1H3/b21-12-. The molecule has 34 heavy (non-hydrogen) atoms. The number of carbonyl (C=O) groups excluding carboxylic acids is 3. The smallest absolute Gasteiger partial charge is 0.343 e. The van der Waals surface area contributed by atoms with Crippen LogP contribution >= 0.6 is 46.0 Å². The number of hydrogen-bond acceptors (Lipinski definition) is 6. The lowest BCUT2D eigenvalue weighted by Gasteiger charge is -2.13. The SMILES string of the molecule is COc1cc(/C=C2\SC(=O)N(Cc3ccccc3)C2=O)cc(I)c1OC(=O)c1cccc(Cl)c1. The summed E-state index contributed by atoms with van der Waals surface area (Å²) in [6.07, 6.45) is 1.63. The number of esters is 1. The number of benzene rings is 3. The predicted octanol–water partition coefficient (Wildman–Crippen LogP) is 6.41. The molecule has 1 fully saturated rings. The number of ether oxygens (including phenoxy) is 2. The first-order valence-corrected chi connectivity index (χ1v) is 12.3. The van der Waals surface area contributed by atoms with Crippen molar-refractivity contribution in [2.45, 2.75) is 6.54 Å². The highest BCUT2D eigenvalue weighted by Crippen LogP contribution is 2.38. The normalized spacial score (nSPS) is 14.6. The van der Waals surface area contributed by atoms with E-state index in [9.17, 15) is 14.4 Å². The van der Waals surface area contributed by atoms with Crippen LogP contribution in [0.25, 0.3) is 6.08 Å². The Kier molecular flexibility index (Phi) is 7.60. The van der Waals surface area contributed by atoms with Crippen LogP contribution in [-0.2, 0) is 11.3 Å². The summed E-state index contributed by atoms with van der Waals surface area (Å²) in [6, 6.07) is 19.2. The Bertz CT molecular complexity index is 1310. The molecule has 0 N–H and O–H groups in total. The Labute approximate surface area is 219 Å². The molecule has 0 bridgehead atoms. The first-order valence-electron chi connectivity index (χ1n) is 10.0. The molecule has 1 saturated heterocycles. The van der Waals surface area contributed by atoms with Crippen molar-refractivity contribution in [1.82, 2.24) is 4.90 Å². The maximum absolute atomic E-state index is 12.9. The molecule has 3 aromatic rings. The fourth-order valence-corrected chi connectivity index (χ4v) is 5.01. The molecule has 6 nitrogen and oxygen atoms in total. The lowest BCUT2D eigenvalue weighted by atomic mass is 10.1. The molecule has 0 unspecified atom stereocenters. The van der Waals surface area contributed by atoms with E-state index in [0.29, 0.717) is 30.4 Å². The van der Waals surface area contributed by atoms with Crippen molar-refractivity contribution in [2.24, 2.45) is 0 Å². The van der Waals surface area contributed by atoms with Crippen LogP contribution in [0.2, 0.25) is 5.02 Å². The number of hydrogen-bond donors (Lipinski definition) is 0. The van der Waals surface area contributed by atoms with Crippen molar-refractivity contribution in [3.8, 4) is 11.5 Å². The van der Waals surface area contributed by atoms with Crippen LogP contribution in [0.3, 0.4) is 0 Å². The van der Waals surface area contributed by atoms with Crippen molar-refractivity contribution in [3.63, 3.8) is 0 Å². The average molecular weight is 606 g/mol. The maximum Gasteiger partial charge on any atom is 0.343 e. The second kappa shape index (κ2) is 10.6. The summed E-state index contributed by atoms with van der Waals surface area (Å²) in [6.45, 7) is 0.210. The highest BCUT2D eigenvalue weighted by molar-refractivity contribution is 14.1. The van der Waals surface area contributed by atoms with Crippen LogP contribution in [0, 0.1) is 3.57 Å². The first kappa shape index (κ1) is 24.3. The second-order valence-corrected chi connectivity index (χ2v) is 9.78. The summed E-state index contributed by atoms with van der Waals surface area (Å²) in [5.41, 5.74) is 1.81. The lowest BCUT2D eigenvalue weighted by molar-refractivity contribution is -0.123. The van der Waals surface area contributed by atoms with Gasteiger partial charge >= 0.3 is 5.97 Å². The monoisotopic (exact) mass is 605 g/mol. The number of rotatable bonds is 6. The molecule has 0 aromatic heterocycles. The fraction of sp³-hybridized carbons (Fsp3) is 0.0800. The summed E-state index contributed by atoms with van der Waals surface area (Å²) in [4.78, 5) is 39.4. The molecule has 0 spiro atoms. The number of amides is 2. The van der Waals surface area contributed by atoms with Gasteiger partial charge in [-0.25, -0.2) is 4.79 Å². The zero-order valence-corrected chi connectivity index (χ0v) is 21.5. The van der Waals surface area contributed by atoms with Gasteiger partial charge in [-0.05, 0) is 81.9 Å². The molecule has 172 valence electrons. The van der Waals surface area contributed by atoms with Crippen molar-refractivity contribution in [3.05, 3.63) is 96.9 Å². The van der Waals surface area contributed by atoms with Gasteiger partial charge < -0.3 is 9.47 Å². The van der Waals surface area contributed by atoms with E-state index in [4.69, 9.17) is 21.1 Å². The van der Waals surface area contributed by atoms with Gasteiger partial charge in [0.05, 0.1) is 27.7 Å². The van der Waals surface area contributed by atoms with E-state index in [2.05, 4.69) is 0 Å². The van der Waals surface area contributed by atoms with Crippen molar-refractivity contribution < 1.29 is 23.9 Å². The molecular weight excluding hydrogens is 589 g/mol. The number of halogens is 2. The van der Waals surface area contributed by atoms with E-state index in [0.717, 1.165) is 17.3 Å². The van der Waals surface area contributed by atoms with Gasteiger partial charge in [-0.3, -0.25) is 14.5 Å². The Hall–Kier alpha value is -2.82. The van der Waals surface area contributed by atoms with Crippen LogP contribution < -0.4 is 9.47 Å². The minimum Gasteiger partial charge on any atom is -0.493 e. The molecule has 1 aliphatic rings. The van der Waals surface area contributed by atoms with Gasteiger partial charge in [0.1, 0.15) is 0 Å². The van der Waals surface area contributed by atoms with E-state index in [-0.39, 0.29) is 23.4 Å². The molecule has 0 saturated carbocycles. The molecule has 1 heterocycles. The van der Waals surface area contributed by atoms with Gasteiger partial charge in [-0.15, -0.1) is 0 Å². The minimum atomic E-state index is -0.575. The number of methoxy groups -OCH3 is 1. The van der Waals surface area contributed by atoms with Gasteiger partial charge in [0, 0.05) is 5.02 Å². The van der Waals surface area contributed by atoms with Crippen LogP contribution in [0.1, 0.15) is 21.5 Å². The van der Waals surface area contributed by atoms with Crippen molar-refractivity contribution in [2.75, 3.05) is 7.11 Å². The Morgan fingerprint density at radius 1 is 1.09 bits per heavy atom. The van der Waals surface area contributed by atoms with Crippen molar-refractivity contribution in [1.29, 1.82) is 0 Å². The first-order chi connectivity index (χ1) is 16.4. The third kappa shape index (κ3) is 5.45. The van der Waals surface area contributed by atoms with Gasteiger partial charge in [0.2, 0.25) is 0 Å². The topological polar surface area (TPSA) is 72.9 Å². The van der Waals surface area contributed by atoms with Crippen LogP contribution in [0.4, 0.5) is 4.79 Å². The zero-order valence-electron chi connectivity index (χ0n) is 17.8. The number of carbonyl (C=O) groups is 3. The summed E-state index contributed by atoms with van der Waals surface area (Å²) in [7, 11) is 1.46. The molecule has 4 rings (SSSR count). The minimum absolute atomic E-state index is 0.210. The predicted molar refractivity (Wildman–Crippen MR) is 140 cm³/mol. The quantitative estimate of drug-likeness (QED) is 0.140. The average Bonchev–Trinajstić information content (AvgIpc) is 3.08. The zero-order chi connectivity index (χ0) is 24.2. The van der Waals surface area contributed by atoms with E-state index in [1.165, 1.54) is 18.1 Å². The van der Waals surface area contributed by atoms with Crippen LogP contribution in [0.5, 0.6) is 11.5 Å². The van der Waals surface area contributed by atoms with E-state index in [1.54, 1.807) is 36.4 Å². The van der Waals surface area contributed by atoms with Crippen molar-refractivity contribution >= 4 is 69.1 Å². The van der Waals surface area contributed by atoms with Crippen LogP contribution in [-0.4, -0.2) is 29.1 Å². The third-order valence-corrected chi connectivity index (χ3v) is 6.81. The molecule has 0 aliphatic carbocycles. The van der Waals surface area contributed by atoms with E-state index < -0.39 is 5.97 Å². The Morgan fingerprint density at radius 2 is 1.85 bits per heavy atom. The summed E-state index contributed by atoms with van der Waals surface area (Å²) in [5.74, 6) is -0.364. The molecule has 3 aromatic carbocycles. The lowest BCUT2D eigenvalue weighted by Crippen LogP contribution is -2.27. The fourth-order valence-electron chi connectivity index (χ4n) is 3.24. The highest BCUT2D eigenvalue weighted by Gasteiger charge is 2.35. The maximum atomic E-state index is 12.9. The summed E-state index contributed by atoms with van der Waals surface area (Å²) < 4.78 is 11.6. The summed E-state index contributed by atoms with van der Waals surface area (Å²) >= 11 is 8.88. The summed E-state index contributed by atoms with van der Waals surface area (Å²) in [5, 5.41) is 0.0986. The molecule has 0 atom stereocenters. The Morgan fingerprint density at radius 3 is 2.56 bits per heavy atom. The molecule has 1 aliphatic heterocycles.